The maximum Gasteiger partial charge on any atom is 0.271 e. The molecule has 6 nitrogen and oxygen atoms in total. The Morgan fingerprint density at radius 1 is 1.40 bits per heavy atom. The third-order valence-electron chi connectivity index (χ3n) is 3.83. The molecular weight excluding hydrogens is 282 g/mol. The highest BCUT2D eigenvalue weighted by Gasteiger charge is 2.31. The van der Waals surface area contributed by atoms with Crippen molar-refractivity contribution in [3.05, 3.63) is 32.8 Å². The molecule has 1 amide bonds. The number of non-ortho nitro benzene ring substituents is 1. The van der Waals surface area contributed by atoms with Crippen LogP contribution in [0, 0.1) is 22.0 Å². The van der Waals surface area contributed by atoms with Gasteiger partial charge in [-0.3, -0.25) is 14.9 Å². The molecule has 1 saturated heterocycles. The largest absolute Gasteiger partial charge is 0.397 e. The number of nitro benzene ring substituents is 1. The maximum atomic E-state index is 12.5. The van der Waals surface area contributed by atoms with Gasteiger partial charge in [0.1, 0.15) is 0 Å². The number of anilines is 1. The predicted octanol–water partition coefficient (Wildman–Crippen LogP) is 2.56. The van der Waals surface area contributed by atoms with Crippen LogP contribution in [0.25, 0.3) is 0 Å². The van der Waals surface area contributed by atoms with E-state index in [1.165, 1.54) is 6.07 Å². The van der Waals surface area contributed by atoms with Crippen LogP contribution in [-0.4, -0.2) is 28.8 Å². The molecule has 1 aliphatic heterocycles. The summed E-state index contributed by atoms with van der Waals surface area (Å²) in [5.41, 5.74) is 5.75. The number of halogens is 1. The van der Waals surface area contributed by atoms with Crippen LogP contribution in [0.4, 0.5) is 11.4 Å². The molecule has 2 N–H and O–H groups in total. The third-order valence-corrected chi connectivity index (χ3v) is 4.14. The van der Waals surface area contributed by atoms with Crippen molar-refractivity contribution in [2.24, 2.45) is 11.8 Å². The molecular formula is C13H16ClN3O3. The second-order valence-electron chi connectivity index (χ2n) is 5.31. The number of benzene rings is 1. The van der Waals surface area contributed by atoms with Crippen molar-refractivity contribution in [1.82, 2.24) is 4.90 Å². The van der Waals surface area contributed by atoms with Crippen LogP contribution in [0.2, 0.25) is 5.02 Å². The highest BCUT2D eigenvalue weighted by Crippen LogP contribution is 2.31. The summed E-state index contributed by atoms with van der Waals surface area (Å²) in [5, 5.41) is 10.9. The molecule has 1 aromatic rings. The molecule has 7 heteroatoms. The van der Waals surface area contributed by atoms with Crippen molar-refractivity contribution in [3.63, 3.8) is 0 Å². The van der Waals surface area contributed by atoms with E-state index in [1.807, 2.05) is 0 Å². The number of carbonyl (C=O) groups excluding carboxylic acids is 1. The number of likely N-dealkylation sites (tertiary alicyclic amines) is 1. The van der Waals surface area contributed by atoms with Gasteiger partial charge in [-0.1, -0.05) is 25.4 Å². The minimum atomic E-state index is -0.586. The highest BCUT2D eigenvalue weighted by atomic mass is 35.5. The van der Waals surface area contributed by atoms with Crippen LogP contribution in [0.15, 0.2) is 12.1 Å². The van der Waals surface area contributed by atoms with Gasteiger partial charge in [0.15, 0.2) is 0 Å². The van der Waals surface area contributed by atoms with E-state index in [4.69, 9.17) is 17.3 Å². The standard InChI is InChI=1S/C13H16ClN3O3/c1-7-5-16(6-8(7)2)13(18)10-3-9(17(19)20)4-11(14)12(10)15/h3-4,7-8H,5-6,15H2,1-2H3. The van der Waals surface area contributed by atoms with E-state index in [1.54, 1.807) is 4.90 Å². The average molecular weight is 298 g/mol. The summed E-state index contributed by atoms with van der Waals surface area (Å²) in [5.74, 6) is 0.494. The van der Waals surface area contributed by atoms with Gasteiger partial charge in [0.2, 0.25) is 0 Å². The van der Waals surface area contributed by atoms with Crippen LogP contribution in [-0.2, 0) is 0 Å². The number of hydrogen-bond donors (Lipinski definition) is 1. The molecule has 2 unspecified atom stereocenters. The normalized spacial score (nSPS) is 22.1. The van der Waals surface area contributed by atoms with E-state index >= 15 is 0 Å². The SMILES string of the molecule is CC1CN(C(=O)c2cc([N+](=O)[O-])cc(Cl)c2N)CC1C. The average Bonchev–Trinajstić information content (AvgIpc) is 2.71. The molecule has 2 rings (SSSR count). The fraction of sp³-hybridized carbons (Fsp3) is 0.462. The number of nitrogens with two attached hydrogens (primary N) is 1. The summed E-state index contributed by atoms with van der Waals surface area (Å²) in [6, 6.07) is 2.35. The van der Waals surface area contributed by atoms with E-state index in [2.05, 4.69) is 13.8 Å². The van der Waals surface area contributed by atoms with Crippen molar-refractivity contribution in [2.45, 2.75) is 13.8 Å². The molecule has 20 heavy (non-hydrogen) atoms. The lowest BCUT2D eigenvalue weighted by molar-refractivity contribution is -0.384. The number of nitrogens with zero attached hydrogens (tertiary/aromatic N) is 2. The zero-order chi connectivity index (χ0) is 15.0. The molecule has 0 saturated carbocycles. The molecule has 1 aliphatic rings. The van der Waals surface area contributed by atoms with Crippen LogP contribution < -0.4 is 5.73 Å². The number of carbonyl (C=O) groups is 1. The molecule has 2 atom stereocenters. The number of amides is 1. The number of rotatable bonds is 2. The highest BCUT2D eigenvalue weighted by molar-refractivity contribution is 6.34. The van der Waals surface area contributed by atoms with Crippen molar-refractivity contribution in [2.75, 3.05) is 18.8 Å². The van der Waals surface area contributed by atoms with Gasteiger partial charge >= 0.3 is 0 Å². The topological polar surface area (TPSA) is 89.5 Å². The van der Waals surface area contributed by atoms with Gasteiger partial charge in [0, 0.05) is 25.2 Å². The Balaban J connectivity index is 2.37. The third kappa shape index (κ3) is 2.56. The predicted molar refractivity (Wildman–Crippen MR) is 76.8 cm³/mol. The summed E-state index contributed by atoms with van der Waals surface area (Å²) in [6.07, 6.45) is 0. The van der Waals surface area contributed by atoms with E-state index in [0.29, 0.717) is 24.9 Å². The van der Waals surface area contributed by atoms with Crippen molar-refractivity contribution < 1.29 is 9.72 Å². The zero-order valence-electron chi connectivity index (χ0n) is 11.3. The Morgan fingerprint density at radius 2 is 1.95 bits per heavy atom. The quantitative estimate of drug-likeness (QED) is 0.516. The molecule has 1 heterocycles. The first kappa shape index (κ1) is 14.6. The summed E-state index contributed by atoms with van der Waals surface area (Å²) in [6.45, 7) is 5.39. The Hall–Kier alpha value is -1.82. The molecule has 0 aliphatic carbocycles. The van der Waals surface area contributed by atoms with Crippen LogP contribution in [0.3, 0.4) is 0 Å². The van der Waals surface area contributed by atoms with E-state index in [9.17, 15) is 14.9 Å². The summed E-state index contributed by atoms with van der Waals surface area (Å²) >= 11 is 5.87. The molecule has 1 aromatic carbocycles. The van der Waals surface area contributed by atoms with E-state index < -0.39 is 4.92 Å². The monoisotopic (exact) mass is 297 g/mol. The van der Waals surface area contributed by atoms with E-state index in [0.717, 1.165) is 6.07 Å². The Kier molecular flexibility index (Phi) is 3.85. The molecule has 108 valence electrons. The fourth-order valence-electron chi connectivity index (χ4n) is 2.35. The minimum absolute atomic E-state index is 0.0304. The Morgan fingerprint density at radius 3 is 2.45 bits per heavy atom. The second kappa shape index (κ2) is 5.28. The molecule has 0 bridgehead atoms. The summed E-state index contributed by atoms with van der Waals surface area (Å²) < 4.78 is 0. The lowest BCUT2D eigenvalue weighted by Gasteiger charge is -2.17. The zero-order valence-corrected chi connectivity index (χ0v) is 12.1. The summed E-state index contributed by atoms with van der Waals surface area (Å²) in [4.78, 5) is 24.4. The smallest absolute Gasteiger partial charge is 0.271 e. The van der Waals surface area contributed by atoms with Gasteiger partial charge in [-0.2, -0.15) is 0 Å². The van der Waals surface area contributed by atoms with Gasteiger partial charge in [-0.15, -0.1) is 0 Å². The number of nitro groups is 1. The first-order valence-electron chi connectivity index (χ1n) is 6.34. The first-order valence-corrected chi connectivity index (χ1v) is 6.71. The molecule has 0 radical (unpaired) electrons. The molecule has 1 fully saturated rings. The van der Waals surface area contributed by atoms with Crippen molar-refractivity contribution >= 4 is 28.9 Å². The van der Waals surface area contributed by atoms with Crippen LogP contribution in [0.1, 0.15) is 24.2 Å². The van der Waals surface area contributed by atoms with Gasteiger partial charge in [0.25, 0.3) is 11.6 Å². The summed E-state index contributed by atoms with van der Waals surface area (Å²) in [7, 11) is 0. The van der Waals surface area contributed by atoms with Gasteiger partial charge in [-0.05, 0) is 11.8 Å². The van der Waals surface area contributed by atoms with Gasteiger partial charge in [0.05, 0.1) is 21.2 Å². The first-order chi connectivity index (χ1) is 9.31. The Bertz CT molecular complexity index is 566. The lowest BCUT2D eigenvalue weighted by atomic mass is 10.0. The van der Waals surface area contributed by atoms with Crippen molar-refractivity contribution in [3.8, 4) is 0 Å². The fourth-order valence-corrected chi connectivity index (χ4v) is 2.57. The second-order valence-corrected chi connectivity index (χ2v) is 5.72. The van der Waals surface area contributed by atoms with E-state index in [-0.39, 0.29) is 27.9 Å². The van der Waals surface area contributed by atoms with Gasteiger partial charge in [-0.25, -0.2) is 0 Å². The Labute approximate surface area is 121 Å². The van der Waals surface area contributed by atoms with Crippen LogP contribution in [0.5, 0.6) is 0 Å². The van der Waals surface area contributed by atoms with Crippen molar-refractivity contribution in [1.29, 1.82) is 0 Å². The lowest BCUT2D eigenvalue weighted by Crippen LogP contribution is -2.29. The maximum absolute atomic E-state index is 12.5. The van der Waals surface area contributed by atoms with Crippen LogP contribution >= 0.6 is 11.6 Å². The molecule has 0 aromatic heterocycles. The van der Waals surface area contributed by atoms with Gasteiger partial charge < -0.3 is 10.6 Å². The number of hydrogen-bond acceptors (Lipinski definition) is 4. The minimum Gasteiger partial charge on any atom is -0.397 e. The number of nitrogen functional groups attached to an aromatic ring is 1. The molecule has 0 spiro atoms.